The summed E-state index contributed by atoms with van der Waals surface area (Å²) in [6.45, 7) is 0. The normalized spacial score (nSPS) is 10.1. The zero-order chi connectivity index (χ0) is 11.5. The Kier molecular flexibility index (Phi) is 2.68. The first-order valence-electron chi connectivity index (χ1n) is 4.74. The van der Waals surface area contributed by atoms with Gasteiger partial charge in [0, 0.05) is 7.05 Å². The molecular weight excluding hydrogens is 207 g/mol. The lowest BCUT2D eigenvalue weighted by Gasteiger charge is -2.18. The van der Waals surface area contributed by atoms with Crippen LogP contribution < -0.4 is 10.6 Å². The van der Waals surface area contributed by atoms with Crippen LogP contribution in [0, 0.1) is 5.82 Å². The molecule has 0 amide bonds. The van der Waals surface area contributed by atoms with Gasteiger partial charge in [-0.05, 0) is 12.1 Å². The third-order valence-corrected chi connectivity index (χ3v) is 2.20. The van der Waals surface area contributed by atoms with Gasteiger partial charge in [-0.15, -0.1) is 0 Å². The highest BCUT2D eigenvalue weighted by Gasteiger charge is 2.09. The van der Waals surface area contributed by atoms with Crippen LogP contribution in [0.5, 0.6) is 0 Å². The second-order valence-corrected chi connectivity index (χ2v) is 3.31. The van der Waals surface area contributed by atoms with E-state index in [-0.39, 0.29) is 5.82 Å². The summed E-state index contributed by atoms with van der Waals surface area (Å²) < 4.78 is 13.5. The number of nitrogens with two attached hydrogens (primary N) is 1. The molecule has 0 saturated heterocycles. The first-order valence-corrected chi connectivity index (χ1v) is 4.74. The van der Waals surface area contributed by atoms with E-state index in [1.54, 1.807) is 30.1 Å². The molecule has 1 aromatic heterocycles. The third-order valence-electron chi connectivity index (χ3n) is 2.20. The number of benzene rings is 1. The van der Waals surface area contributed by atoms with Crippen LogP contribution in [0.15, 0.2) is 36.7 Å². The van der Waals surface area contributed by atoms with Gasteiger partial charge in [0.05, 0.1) is 18.1 Å². The Hall–Kier alpha value is -2.17. The van der Waals surface area contributed by atoms with Crippen molar-refractivity contribution in [2.75, 3.05) is 17.7 Å². The van der Waals surface area contributed by atoms with Gasteiger partial charge in [0.1, 0.15) is 11.6 Å². The van der Waals surface area contributed by atoms with Crippen molar-refractivity contribution in [2.45, 2.75) is 0 Å². The molecule has 0 unspecified atom stereocenters. The van der Waals surface area contributed by atoms with Crippen molar-refractivity contribution in [1.82, 2.24) is 9.97 Å². The molecule has 4 nitrogen and oxygen atoms in total. The standard InChI is InChI=1S/C11H11FN4/c1-16(9-5-3-2-4-8(9)12)11-7-14-6-10(13)15-11/h2-7H,1H3,(H2,13,15). The first-order chi connectivity index (χ1) is 7.68. The van der Waals surface area contributed by atoms with E-state index in [4.69, 9.17) is 5.73 Å². The highest BCUT2D eigenvalue weighted by atomic mass is 19.1. The highest BCUT2D eigenvalue weighted by molar-refractivity contribution is 5.59. The van der Waals surface area contributed by atoms with Crippen LogP contribution in [-0.2, 0) is 0 Å². The SMILES string of the molecule is CN(c1cncc(N)n1)c1ccccc1F. The Morgan fingerprint density at radius 2 is 2.00 bits per heavy atom. The van der Waals surface area contributed by atoms with Crippen LogP contribution in [0.1, 0.15) is 0 Å². The van der Waals surface area contributed by atoms with Crippen LogP contribution in [0.25, 0.3) is 0 Å². The molecule has 0 bridgehead atoms. The summed E-state index contributed by atoms with van der Waals surface area (Å²) in [5.74, 6) is 0.500. The predicted molar refractivity (Wildman–Crippen MR) is 60.9 cm³/mol. The summed E-state index contributed by atoms with van der Waals surface area (Å²) in [5, 5.41) is 0. The number of aromatic nitrogens is 2. The van der Waals surface area contributed by atoms with Crippen molar-refractivity contribution in [2.24, 2.45) is 0 Å². The highest BCUT2D eigenvalue weighted by Crippen LogP contribution is 2.23. The molecule has 0 aliphatic carbocycles. The molecule has 0 saturated carbocycles. The lowest BCUT2D eigenvalue weighted by molar-refractivity contribution is 0.627. The maximum Gasteiger partial charge on any atom is 0.153 e. The molecule has 5 heteroatoms. The minimum absolute atomic E-state index is 0.306. The van der Waals surface area contributed by atoms with Crippen molar-refractivity contribution >= 4 is 17.3 Å². The van der Waals surface area contributed by atoms with Gasteiger partial charge in [-0.3, -0.25) is 4.98 Å². The molecule has 0 aliphatic rings. The average Bonchev–Trinajstić information content (AvgIpc) is 2.29. The van der Waals surface area contributed by atoms with Crippen molar-refractivity contribution in [3.05, 3.63) is 42.5 Å². The Bertz CT molecular complexity index is 501. The minimum Gasteiger partial charge on any atom is -0.382 e. The summed E-state index contributed by atoms with van der Waals surface area (Å²) in [6, 6.07) is 6.46. The Morgan fingerprint density at radius 1 is 1.25 bits per heavy atom. The average molecular weight is 218 g/mol. The second-order valence-electron chi connectivity index (χ2n) is 3.31. The third kappa shape index (κ3) is 1.93. The molecule has 0 radical (unpaired) electrons. The van der Waals surface area contributed by atoms with Gasteiger partial charge in [-0.1, -0.05) is 12.1 Å². The van der Waals surface area contributed by atoms with Crippen LogP contribution in [0.4, 0.5) is 21.7 Å². The van der Waals surface area contributed by atoms with E-state index in [1.165, 1.54) is 18.5 Å². The molecule has 0 fully saturated rings. The van der Waals surface area contributed by atoms with E-state index in [2.05, 4.69) is 9.97 Å². The molecule has 1 aromatic carbocycles. The maximum atomic E-state index is 13.5. The van der Waals surface area contributed by atoms with Crippen molar-refractivity contribution in [3.63, 3.8) is 0 Å². The van der Waals surface area contributed by atoms with Gasteiger partial charge < -0.3 is 10.6 Å². The van der Waals surface area contributed by atoms with Gasteiger partial charge in [-0.25, -0.2) is 9.37 Å². The molecule has 2 aromatic rings. The van der Waals surface area contributed by atoms with E-state index >= 15 is 0 Å². The number of nitrogen functional groups attached to an aromatic ring is 1. The zero-order valence-electron chi connectivity index (χ0n) is 8.76. The van der Waals surface area contributed by atoms with Crippen molar-refractivity contribution in [1.29, 1.82) is 0 Å². The summed E-state index contributed by atoms with van der Waals surface area (Å²) >= 11 is 0. The number of halogens is 1. The molecule has 82 valence electrons. The largest absolute Gasteiger partial charge is 0.382 e. The fourth-order valence-electron chi connectivity index (χ4n) is 1.38. The summed E-state index contributed by atoms with van der Waals surface area (Å²) in [6.07, 6.45) is 2.97. The minimum atomic E-state index is -0.311. The van der Waals surface area contributed by atoms with Gasteiger partial charge in [0.2, 0.25) is 0 Å². The molecule has 2 N–H and O–H groups in total. The molecule has 1 heterocycles. The fraction of sp³-hybridized carbons (Fsp3) is 0.0909. The number of hydrogen-bond acceptors (Lipinski definition) is 4. The fourth-order valence-corrected chi connectivity index (χ4v) is 1.38. The Labute approximate surface area is 92.6 Å². The van der Waals surface area contributed by atoms with E-state index in [9.17, 15) is 4.39 Å². The number of rotatable bonds is 2. The lowest BCUT2D eigenvalue weighted by Crippen LogP contribution is -2.13. The molecule has 2 rings (SSSR count). The molecule has 0 aliphatic heterocycles. The van der Waals surface area contributed by atoms with Crippen molar-refractivity contribution < 1.29 is 4.39 Å². The molecule has 16 heavy (non-hydrogen) atoms. The van der Waals surface area contributed by atoms with Crippen LogP contribution in [-0.4, -0.2) is 17.0 Å². The Balaban J connectivity index is 2.39. The number of hydrogen-bond donors (Lipinski definition) is 1. The number of anilines is 3. The van der Waals surface area contributed by atoms with E-state index < -0.39 is 0 Å². The molecular formula is C11H11FN4. The quantitative estimate of drug-likeness (QED) is 0.837. The summed E-state index contributed by atoms with van der Waals surface area (Å²) in [4.78, 5) is 9.57. The number of para-hydroxylation sites is 1. The summed E-state index contributed by atoms with van der Waals surface area (Å²) in [5.41, 5.74) is 5.95. The summed E-state index contributed by atoms with van der Waals surface area (Å²) in [7, 11) is 1.71. The van der Waals surface area contributed by atoms with E-state index in [0.29, 0.717) is 17.3 Å². The predicted octanol–water partition coefficient (Wildman–Crippen LogP) is 1.97. The van der Waals surface area contributed by atoms with Crippen LogP contribution in [0.3, 0.4) is 0 Å². The van der Waals surface area contributed by atoms with Gasteiger partial charge in [0.25, 0.3) is 0 Å². The van der Waals surface area contributed by atoms with E-state index in [1.807, 2.05) is 0 Å². The van der Waals surface area contributed by atoms with Crippen LogP contribution >= 0.6 is 0 Å². The zero-order valence-corrected chi connectivity index (χ0v) is 8.76. The van der Waals surface area contributed by atoms with Gasteiger partial charge in [-0.2, -0.15) is 0 Å². The number of nitrogens with zero attached hydrogens (tertiary/aromatic N) is 3. The Morgan fingerprint density at radius 3 is 2.69 bits per heavy atom. The first kappa shape index (κ1) is 10.4. The topological polar surface area (TPSA) is 55.0 Å². The van der Waals surface area contributed by atoms with Crippen molar-refractivity contribution in [3.8, 4) is 0 Å². The maximum absolute atomic E-state index is 13.5. The van der Waals surface area contributed by atoms with E-state index in [0.717, 1.165) is 0 Å². The molecule has 0 atom stereocenters. The smallest absolute Gasteiger partial charge is 0.153 e. The second kappa shape index (κ2) is 4.14. The lowest BCUT2D eigenvalue weighted by atomic mass is 10.3. The van der Waals surface area contributed by atoms with Gasteiger partial charge >= 0.3 is 0 Å². The molecule has 0 spiro atoms. The monoisotopic (exact) mass is 218 g/mol. The van der Waals surface area contributed by atoms with Gasteiger partial charge in [0.15, 0.2) is 5.82 Å². The van der Waals surface area contributed by atoms with Crippen LogP contribution in [0.2, 0.25) is 0 Å².